The number of hydrogen-bond acceptors (Lipinski definition) is 3. The molecule has 0 aromatic heterocycles. The van der Waals surface area contributed by atoms with E-state index in [-0.39, 0.29) is 5.71 Å². The van der Waals surface area contributed by atoms with Crippen LogP contribution in [0.25, 0.3) is 5.53 Å². The summed E-state index contributed by atoms with van der Waals surface area (Å²) in [4.78, 5) is 14.4. The molecule has 0 spiro atoms. The first kappa shape index (κ1) is 13.0. The Morgan fingerprint density at radius 2 is 2.21 bits per heavy atom. The SMILES string of the molecule is CCCCC(=[N+]=[N-])C(=O)[C@@H](N)[C@@H](C)O. The first-order valence-electron chi connectivity index (χ1n) is 4.73. The molecule has 0 unspecified atom stereocenters. The van der Waals surface area contributed by atoms with Crippen LogP contribution in [0.1, 0.15) is 33.1 Å². The molecule has 0 amide bonds. The number of hydrogen-bond donors (Lipinski definition) is 2. The largest absolute Gasteiger partial charge is 0.391 e. The Morgan fingerprint density at radius 1 is 1.64 bits per heavy atom. The summed E-state index contributed by atoms with van der Waals surface area (Å²) in [5.41, 5.74) is 14.0. The zero-order valence-corrected chi connectivity index (χ0v) is 8.60. The third kappa shape index (κ3) is 3.79. The number of carbonyl (C=O) groups excluding carboxylic acids is 1. The van der Waals surface area contributed by atoms with Gasteiger partial charge in [0, 0.05) is 0 Å². The summed E-state index contributed by atoms with van der Waals surface area (Å²) in [6.07, 6.45) is 1.13. The number of nitrogens with two attached hydrogens (primary N) is 1. The van der Waals surface area contributed by atoms with Crippen molar-refractivity contribution in [1.82, 2.24) is 0 Å². The summed E-state index contributed by atoms with van der Waals surface area (Å²) >= 11 is 0. The summed E-state index contributed by atoms with van der Waals surface area (Å²) in [6, 6.07) is -1.00. The van der Waals surface area contributed by atoms with Crippen LogP contribution in [0.15, 0.2) is 0 Å². The minimum absolute atomic E-state index is 0.0419. The number of aliphatic hydroxyl groups excluding tert-OH is 1. The van der Waals surface area contributed by atoms with E-state index in [2.05, 4.69) is 4.79 Å². The van der Waals surface area contributed by atoms with Crippen molar-refractivity contribution in [3.05, 3.63) is 5.53 Å². The van der Waals surface area contributed by atoms with Gasteiger partial charge in [0.25, 0.3) is 5.78 Å². The lowest BCUT2D eigenvalue weighted by molar-refractivity contribution is -0.120. The predicted octanol–water partition coefficient (Wildman–Crippen LogP) is 0.125. The van der Waals surface area contributed by atoms with Crippen molar-refractivity contribution < 1.29 is 14.7 Å². The minimum atomic E-state index is -1.00. The van der Waals surface area contributed by atoms with Crippen LogP contribution in [0.4, 0.5) is 0 Å². The van der Waals surface area contributed by atoms with Gasteiger partial charge in [0.05, 0.1) is 12.5 Å². The maximum Gasteiger partial charge on any atom is 0.336 e. The van der Waals surface area contributed by atoms with Gasteiger partial charge in [0.15, 0.2) is 0 Å². The van der Waals surface area contributed by atoms with E-state index in [4.69, 9.17) is 16.4 Å². The Kier molecular flexibility index (Phi) is 5.95. The van der Waals surface area contributed by atoms with Crippen molar-refractivity contribution in [2.75, 3.05) is 0 Å². The summed E-state index contributed by atoms with van der Waals surface area (Å²) in [5, 5.41) is 9.08. The number of ketones is 1. The third-order valence-corrected chi connectivity index (χ3v) is 1.99. The van der Waals surface area contributed by atoms with E-state index in [1.54, 1.807) is 0 Å². The predicted molar refractivity (Wildman–Crippen MR) is 52.8 cm³/mol. The third-order valence-electron chi connectivity index (χ3n) is 1.99. The van der Waals surface area contributed by atoms with Gasteiger partial charge in [-0.15, -0.1) is 0 Å². The van der Waals surface area contributed by atoms with Crippen molar-refractivity contribution in [1.29, 1.82) is 0 Å². The maximum absolute atomic E-state index is 11.4. The number of nitrogens with zero attached hydrogens (tertiary/aromatic N) is 2. The molecular formula is C9H17N3O2. The Labute approximate surface area is 83.5 Å². The van der Waals surface area contributed by atoms with Crippen molar-refractivity contribution in [2.24, 2.45) is 5.73 Å². The minimum Gasteiger partial charge on any atom is -0.391 e. The lowest BCUT2D eigenvalue weighted by atomic mass is 10.0. The Morgan fingerprint density at radius 3 is 2.57 bits per heavy atom. The van der Waals surface area contributed by atoms with Crippen molar-refractivity contribution in [3.63, 3.8) is 0 Å². The second-order valence-electron chi connectivity index (χ2n) is 3.28. The molecule has 80 valence electrons. The molecule has 3 N–H and O–H groups in total. The lowest BCUT2D eigenvalue weighted by Gasteiger charge is -2.10. The van der Waals surface area contributed by atoms with Crippen LogP contribution < -0.4 is 5.73 Å². The first-order valence-corrected chi connectivity index (χ1v) is 4.73. The van der Waals surface area contributed by atoms with E-state index >= 15 is 0 Å². The van der Waals surface area contributed by atoms with Gasteiger partial charge in [-0.3, -0.25) is 4.79 Å². The molecule has 0 heterocycles. The van der Waals surface area contributed by atoms with E-state index in [1.807, 2.05) is 6.92 Å². The van der Waals surface area contributed by atoms with Crippen LogP contribution in [0.5, 0.6) is 0 Å². The van der Waals surface area contributed by atoms with Crippen LogP contribution >= 0.6 is 0 Å². The molecule has 0 saturated heterocycles. The fourth-order valence-electron chi connectivity index (χ4n) is 0.978. The number of carbonyl (C=O) groups is 1. The highest BCUT2D eigenvalue weighted by atomic mass is 16.3. The number of unbranched alkanes of at least 4 members (excludes halogenated alkanes) is 1. The molecule has 0 bridgehead atoms. The highest BCUT2D eigenvalue weighted by Crippen LogP contribution is 2.00. The highest BCUT2D eigenvalue weighted by Gasteiger charge is 2.28. The molecule has 5 nitrogen and oxygen atoms in total. The second-order valence-corrected chi connectivity index (χ2v) is 3.28. The first-order chi connectivity index (χ1) is 6.54. The molecule has 0 aromatic rings. The van der Waals surface area contributed by atoms with Crippen LogP contribution in [0, 0.1) is 0 Å². The van der Waals surface area contributed by atoms with Crippen molar-refractivity contribution in [3.8, 4) is 0 Å². The molecular weight excluding hydrogens is 182 g/mol. The molecule has 0 radical (unpaired) electrons. The quantitative estimate of drug-likeness (QED) is 0.361. The lowest BCUT2D eigenvalue weighted by Crippen LogP contribution is -2.44. The highest BCUT2D eigenvalue weighted by molar-refractivity contribution is 6.39. The van der Waals surface area contributed by atoms with Crippen LogP contribution in [0.3, 0.4) is 0 Å². The Balaban J connectivity index is 4.41. The topological polar surface area (TPSA) is 99.7 Å². The fourth-order valence-corrected chi connectivity index (χ4v) is 0.978. The molecule has 2 atom stereocenters. The van der Waals surface area contributed by atoms with Crippen LogP contribution in [-0.4, -0.2) is 33.5 Å². The van der Waals surface area contributed by atoms with Gasteiger partial charge >= 0.3 is 5.71 Å². The molecule has 0 saturated carbocycles. The average Bonchev–Trinajstić information content (AvgIpc) is 2.17. The maximum atomic E-state index is 11.4. The summed E-state index contributed by atoms with van der Waals surface area (Å²) in [6.45, 7) is 3.39. The molecule has 0 aliphatic rings. The van der Waals surface area contributed by atoms with Gasteiger partial charge < -0.3 is 16.4 Å². The molecule has 0 aromatic carbocycles. The molecule has 14 heavy (non-hydrogen) atoms. The van der Waals surface area contributed by atoms with Crippen molar-refractivity contribution >= 4 is 11.5 Å². The summed E-state index contributed by atoms with van der Waals surface area (Å²) < 4.78 is 0. The van der Waals surface area contributed by atoms with Crippen LogP contribution in [-0.2, 0) is 4.79 Å². The summed E-state index contributed by atoms with van der Waals surface area (Å²) in [5.74, 6) is -0.490. The van der Waals surface area contributed by atoms with E-state index in [0.717, 1.165) is 12.8 Å². The molecule has 0 fully saturated rings. The molecule has 0 aliphatic carbocycles. The zero-order chi connectivity index (χ0) is 11.1. The second kappa shape index (κ2) is 6.43. The standard InChI is InChI=1S/C9H17N3O2/c1-3-4-5-7(12-11)9(14)8(10)6(2)13/h6,8,13H,3-5,10H2,1-2H3/t6-,8+/m1/s1. The van der Waals surface area contributed by atoms with Gasteiger partial charge in [0.1, 0.15) is 6.04 Å². The number of aliphatic hydroxyl groups is 1. The number of Topliss-reactive ketones (excluding diaryl/α,β-unsaturated/α-hetero) is 1. The van der Waals surface area contributed by atoms with E-state index in [1.165, 1.54) is 6.92 Å². The van der Waals surface area contributed by atoms with Gasteiger partial charge in [-0.05, 0) is 13.3 Å². The summed E-state index contributed by atoms with van der Waals surface area (Å²) in [7, 11) is 0. The van der Waals surface area contributed by atoms with Gasteiger partial charge in [-0.2, -0.15) is 4.79 Å². The average molecular weight is 199 g/mol. The van der Waals surface area contributed by atoms with E-state index in [0.29, 0.717) is 6.42 Å². The Hall–Kier alpha value is -1.03. The molecule has 0 rings (SSSR count). The fraction of sp³-hybridized carbons (Fsp3) is 0.778. The smallest absolute Gasteiger partial charge is 0.336 e. The molecule has 0 aliphatic heterocycles. The Bertz CT molecular complexity index is 244. The number of rotatable bonds is 6. The van der Waals surface area contributed by atoms with Gasteiger partial charge in [-0.25, -0.2) is 0 Å². The normalized spacial score (nSPS) is 14.3. The zero-order valence-electron chi connectivity index (χ0n) is 8.60. The van der Waals surface area contributed by atoms with Crippen LogP contribution in [0.2, 0.25) is 0 Å². The monoisotopic (exact) mass is 199 g/mol. The van der Waals surface area contributed by atoms with E-state index in [9.17, 15) is 4.79 Å². The van der Waals surface area contributed by atoms with Crippen molar-refractivity contribution in [2.45, 2.75) is 45.3 Å². The van der Waals surface area contributed by atoms with Gasteiger partial charge in [-0.1, -0.05) is 13.3 Å². The molecule has 5 heteroatoms. The van der Waals surface area contributed by atoms with Gasteiger partial charge in [0.2, 0.25) is 0 Å². The van der Waals surface area contributed by atoms with E-state index < -0.39 is 17.9 Å².